The van der Waals surface area contributed by atoms with Crippen molar-refractivity contribution in [3.8, 4) is 11.5 Å². The number of hydrogen-bond acceptors (Lipinski definition) is 6. The molecule has 0 saturated carbocycles. The number of amidine groups is 1. The van der Waals surface area contributed by atoms with E-state index in [9.17, 15) is 14.0 Å². The number of methoxy groups -OCH3 is 1. The fourth-order valence-electron chi connectivity index (χ4n) is 2.77. The summed E-state index contributed by atoms with van der Waals surface area (Å²) in [6, 6.07) is 9.86. The first-order chi connectivity index (χ1) is 14.3. The van der Waals surface area contributed by atoms with Crippen molar-refractivity contribution in [1.29, 1.82) is 0 Å². The molecule has 1 N–H and O–H groups in total. The minimum absolute atomic E-state index is 0.0223. The van der Waals surface area contributed by atoms with Gasteiger partial charge in [-0.1, -0.05) is 30.0 Å². The van der Waals surface area contributed by atoms with Gasteiger partial charge in [0, 0.05) is 19.4 Å². The lowest BCUT2D eigenvalue weighted by Gasteiger charge is -2.21. The van der Waals surface area contributed by atoms with Crippen molar-refractivity contribution in [3.05, 3.63) is 57.8 Å². The van der Waals surface area contributed by atoms with Gasteiger partial charge >= 0.3 is 0 Å². The van der Waals surface area contributed by atoms with Crippen molar-refractivity contribution in [3.63, 3.8) is 0 Å². The second kappa shape index (κ2) is 9.48. The van der Waals surface area contributed by atoms with Gasteiger partial charge in [0.15, 0.2) is 16.7 Å². The fraction of sp³-hybridized carbons (Fsp3) is 0.250. The van der Waals surface area contributed by atoms with Crippen LogP contribution in [-0.4, -0.2) is 29.1 Å². The molecule has 30 heavy (non-hydrogen) atoms. The highest BCUT2D eigenvalue weighted by Crippen LogP contribution is 2.45. The zero-order valence-electron chi connectivity index (χ0n) is 16.4. The first kappa shape index (κ1) is 22.1. The third kappa shape index (κ3) is 4.93. The Bertz CT molecular complexity index is 1020. The summed E-state index contributed by atoms with van der Waals surface area (Å²) in [6.45, 7) is 2.79. The second-order valence-electron chi connectivity index (χ2n) is 6.33. The first-order valence-corrected chi connectivity index (χ1v) is 10.5. The molecule has 0 aromatic heterocycles. The Morgan fingerprint density at radius 1 is 1.30 bits per heavy atom. The maximum atomic E-state index is 13.9. The second-order valence-corrected chi connectivity index (χ2v) is 8.26. The highest BCUT2D eigenvalue weighted by Gasteiger charge is 2.33. The molecule has 7 nitrogen and oxygen atoms in total. The van der Waals surface area contributed by atoms with Crippen LogP contribution >= 0.6 is 27.7 Å². The Balaban J connectivity index is 1.87. The van der Waals surface area contributed by atoms with Crippen LogP contribution in [0.1, 0.15) is 30.3 Å². The predicted molar refractivity (Wildman–Crippen MR) is 116 cm³/mol. The normalized spacial score (nSPS) is 15.6. The van der Waals surface area contributed by atoms with E-state index in [4.69, 9.17) is 9.47 Å². The van der Waals surface area contributed by atoms with Crippen LogP contribution in [0.15, 0.2) is 46.0 Å². The van der Waals surface area contributed by atoms with Crippen molar-refractivity contribution in [2.24, 2.45) is 5.10 Å². The number of benzene rings is 2. The molecule has 2 aromatic carbocycles. The largest absolute Gasteiger partial charge is 0.493 e. The lowest BCUT2D eigenvalue weighted by Crippen LogP contribution is -2.25. The van der Waals surface area contributed by atoms with Crippen LogP contribution in [0.4, 0.5) is 4.39 Å². The number of thioether (sulfide) groups is 1. The number of carbonyl (C=O) groups excluding carboxylic acids is 2. The molecule has 2 amide bonds. The van der Waals surface area contributed by atoms with Gasteiger partial charge in [-0.2, -0.15) is 0 Å². The van der Waals surface area contributed by atoms with E-state index in [1.54, 1.807) is 30.3 Å². The van der Waals surface area contributed by atoms with E-state index < -0.39 is 5.37 Å². The van der Waals surface area contributed by atoms with E-state index in [0.717, 1.165) is 0 Å². The average Bonchev–Trinajstić information content (AvgIpc) is 3.11. The molecule has 0 fully saturated rings. The van der Waals surface area contributed by atoms with E-state index in [0.29, 0.717) is 32.3 Å². The molecule has 0 bridgehead atoms. The highest BCUT2D eigenvalue weighted by atomic mass is 79.9. The predicted octanol–water partition coefficient (Wildman–Crippen LogP) is 4.18. The van der Waals surface area contributed by atoms with E-state index >= 15 is 0 Å². The number of rotatable bonds is 5. The van der Waals surface area contributed by atoms with Gasteiger partial charge in [-0.3, -0.25) is 9.59 Å². The number of nitrogens with one attached hydrogen (secondary N) is 1. The van der Waals surface area contributed by atoms with Crippen molar-refractivity contribution >= 4 is 44.7 Å². The topological polar surface area (TPSA) is 80.2 Å². The van der Waals surface area contributed by atoms with E-state index in [-0.39, 0.29) is 24.2 Å². The van der Waals surface area contributed by atoms with Crippen LogP contribution < -0.4 is 14.8 Å². The zero-order valence-corrected chi connectivity index (χ0v) is 18.8. The maximum Gasteiger partial charge on any atom is 0.241 e. The van der Waals surface area contributed by atoms with Gasteiger partial charge in [0.05, 0.1) is 11.6 Å². The number of carbonyl (C=O) groups is 2. The molecular formula is C20H19BrFN3O4S. The summed E-state index contributed by atoms with van der Waals surface area (Å²) in [5.74, 6) is -0.0899. The molecule has 3 rings (SSSR count). The first-order valence-electron chi connectivity index (χ1n) is 8.86. The fourth-order valence-corrected chi connectivity index (χ4v) is 4.46. The number of amides is 2. The minimum atomic E-state index is -0.491. The molecule has 1 aliphatic heterocycles. The molecule has 0 unspecified atom stereocenters. The summed E-state index contributed by atoms with van der Waals surface area (Å²) in [4.78, 5) is 23.4. The monoisotopic (exact) mass is 495 g/mol. The molecule has 2 aromatic rings. The van der Waals surface area contributed by atoms with E-state index in [1.807, 2.05) is 0 Å². The molecule has 10 heteroatoms. The summed E-state index contributed by atoms with van der Waals surface area (Å²) in [7, 11) is 1.49. The lowest BCUT2D eigenvalue weighted by molar-refractivity contribution is -0.129. The molecule has 158 valence electrons. The standard InChI is InChI=1S/C20H19BrFN3O4S/c1-11(26)23-20-24-25(12(2)27)19(30-20)14-8-15(21)18(17(9-14)28-3)29-10-13-6-4-5-7-16(13)22/h4-9,19H,10H2,1-3H3,(H,23,24,26)/t19-/m0/s1. The SMILES string of the molecule is COc1cc([C@@H]2SC(NC(C)=O)=NN2C(C)=O)cc(Br)c1OCc1ccccc1F. The molecule has 1 aliphatic rings. The number of halogens is 2. The average molecular weight is 496 g/mol. The molecule has 0 radical (unpaired) electrons. The molecule has 1 atom stereocenters. The minimum Gasteiger partial charge on any atom is -0.493 e. The van der Waals surface area contributed by atoms with Crippen LogP contribution in [0, 0.1) is 5.82 Å². The third-order valence-electron chi connectivity index (χ3n) is 4.12. The summed E-state index contributed by atoms with van der Waals surface area (Å²) in [5.41, 5.74) is 1.12. The van der Waals surface area contributed by atoms with Gasteiger partial charge in [-0.05, 0) is 39.7 Å². The van der Waals surface area contributed by atoms with Gasteiger partial charge in [-0.15, -0.1) is 5.10 Å². The van der Waals surface area contributed by atoms with Crippen molar-refractivity contribution in [1.82, 2.24) is 10.3 Å². The zero-order chi connectivity index (χ0) is 21.8. The Hall–Kier alpha value is -2.59. The number of ether oxygens (including phenoxy) is 2. The molecule has 0 saturated heterocycles. The van der Waals surface area contributed by atoms with Gasteiger partial charge in [0.25, 0.3) is 0 Å². The highest BCUT2D eigenvalue weighted by molar-refractivity contribution is 9.10. The molecule has 1 heterocycles. The van der Waals surface area contributed by atoms with Crippen molar-refractivity contribution < 1.29 is 23.5 Å². The van der Waals surface area contributed by atoms with Gasteiger partial charge < -0.3 is 14.8 Å². The van der Waals surface area contributed by atoms with Crippen LogP contribution in [0.2, 0.25) is 0 Å². The Labute approximate surface area is 185 Å². The summed E-state index contributed by atoms with van der Waals surface area (Å²) >= 11 is 4.70. The van der Waals surface area contributed by atoms with Crippen LogP contribution in [0.5, 0.6) is 11.5 Å². The van der Waals surface area contributed by atoms with Crippen LogP contribution in [-0.2, 0) is 16.2 Å². The molecule has 0 aliphatic carbocycles. The molecular weight excluding hydrogens is 477 g/mol. The summed E-state index contributed by atoms with van der Waals surface area (Å²) in [5, 5.41) is 7.91. The van der Waals surface area contributed by atoms with Crippen molar-refractivity contribution in [2.45, 2.75) is 25.8 Å². The Kier molecular flexibility index (Phi) is 6.99. The van der Waals surface area contributed by atoms with E-state index in [1.165, 1.54) is 43.8 Å². The lowest BCUT2D eigenvalue weighted by atomic mass is 10.2. The number of hydrogen-bond donors (Lipinski definition) is 1. The van der Waals surface area contributed by atoms with E-state index in [2.05, 4.69) is 26.3 Å². The van der Waals surface area contributed by atoms with Crippen LogP contribution in [0.25, 0.3) is 0 Å². The number of hydrazone groups is 1. The van der Waals surface area contributed by atoms with Crippen LogP contribution in [0.3, 0.4) is 0 Å². The Morgan fingerprint density at radius 2 is 2.03 bits per heavy atom. The molecule has 0 spiro atoms. The van der Waals surface area contributed by atoms with Gasteiger partial charge in [-0.25, -0.2) is 9.40 Å². The third-order valence-corrected chi connectivity index (χ3v) is 5.81. The number of nitrogens with zero attached hydrogens (tertiary/aromatic N) is 2. The summed E-state index contributed by atoms with van der Waals surface area (Å²) < 4.78 is 25.7. The van der Waals surface area contributed by atoms with Gasteiger partial charge in [0.2, 0.25) is 11.8 Å². The Morgan fingerprint density at radius 3 is 2.67 bits per heavy atom. The summed E-state index contributed by atoms with van der Waals surface area (Å²) in [6.07, 6.45) is 0. The van der Waals surface area contributed by atoms with Gasteiger partial charge in [0.1, 0.15) is 17.8 Å². The maximum absolute atomic E-state index is 13.9. The van der Waals surface area contributed by atoms with Crippen molar-refractivity contribution in [2.75, 3.05) is 7.11 Å². The quantitative estimate of drug-likeness (QED) is 0.672. The smallest absolute Gasteiger partial charge is 0.241 e.